The van der Waals surface area contributed by atoms with Crippen molar-refractivity contribution in [3.63, 3.8) is 0 Å². The van der Waals surface area contributed by atoms with Gasteiger partial charge in [0.25, 0.3) is 0 Å². The van der Waals surface area contributed by atoms with Crippen LogP contribution in [0.1, 0.15) is 45.6 Å². The molecule has 1 aliphatic heterocycles. The summed E-state index contributed by atoms with van der Waals surface area (Å²) in [5.41, 5.74) is 3.33. The van der Waals surface area contributed by atoms with Gasteiger partial charge in [-0.1, -0.05) is 45.4 Å². The molecule has 0 bridgehead atoms. The fourth-order valence-electron chi connectivity index (χ4n) is 4.33. The zero-order valence-electron chi connectivity index (χ0n) is 12.1. The summed E-state index contributed by atoms with van der Waals surface area (Å²) in [5, 5.41) is 0. The summed E-state index contributed by atoms with van der Waals surface area (Å²) in [6, 6.07) is 9.74. The summed E-state index contributed by atoms with van der Waals surface area (Å²) in [4.78, 5) is 2.56. The summed E-state index contributed by atoms with van der Waals surface area (Å²) in [6.45, 7) is 7.32. The minimum atomic E-state index is 0.327. The van der Waals surface area contributed by atoms with Gasteiger partial charge in [-0.05, 0) is 41.7 Å². The standard InChI is InChI=1S/C17H25N/c1-12-9-10-14-16(11-12)18(4)15-8-6-5-7-13(15)17(14,2)3/h5-8,12,14,16H,9-11H2,1-4H3/t12-,14-,16+/m1/s1. The third-order valence-electron chi connectivity index (χ3n) is 5.48. The van der Waals surface area contributed by atoms with Crippen LogP contribution in [0.4, 0.5) is 5.69 Å². The summed E-state index contributed by atoms with van der Waals surface area (Å²) < 4.78 is 0. The van der Waals surface area contributed by atoms with Gasteiger partial charge in [-0.2, -0.15) is 0 Å². The van der Waals surface area contributed by atoms with E-state index in [1.165, 1.54) is 24.9 Å². The molecule has 1 aromatic carbocycles. The molecule has 1 nitrogen and oxygen atoms in total. The van der Waals surface area contributed by atoms with Crippen molar-refractivity contribution in [2.24, 2.45) is 11.8 Å². The lowest BCUT2D eigenvalue weighted by Crippen LogP contribution is -2.53. The largest absolute Gasteiger partial charge is 0.371 e. The lowest BCUT2D eigenvalue weighted by atomic mass is 9.60. The first-order valence-corrected chi connectivity index (χ1v) is 7.34. The van der Waals surface area contributed by atoms with Gasteiger partial charge in [-0.3, -0.25) is 0 Å². The van der Waals surface area contributed by atoms with Gasteiger partial charge in [-0.15, -0.1) is 0 Å². The Bertz CT molecular complexity index is 449. The van der Waals surface area contributed by atoms with E-state index < -0.39 is 0 Å². The predicted octanol–water partition coefficient (Wildman–Crippen LogP) is 4.22. The van der Waals surface area contributed by atoms with Gasteiger partial charge in [0.05, 0.1) is 0 Å². The topological polar surface area (TPSA) is 3.24 Å². The van der Waals surface area contributed by atoms with Crippen LogP contribution in [0.5, 0.6) is 0 Å². The molecule has 0 saturated heterocycles. The van der Waals surface area contributed by atoms with E-state index in [1.54, 1.807) is 5.56 Å². The number of benzene rings is 1. The second-order valence-corrected chi connectivity index (χ2v) is 6.94. The van der Waals surface area contributed by atoms with Crippen LogP contribution in [0.15, 0.2) is 24.3 Å². The summed E-state index contributed by atoms with van der Waals surface area (Å²) in [7, 11) is 2.30. The average molecular weight is 243 g/mol. The Morgan fingerprint density at radius 1 is 1.17 bits per heavy atom. The molecule has 0 N–H and O–H groups in total. The van der Waals surface area contributed by atoms with Crippen LogP contribution in [-0.4, -0.2) is 13.1 Å². The van der Waals surface area contributed by atoms with Crippen LogP contribution in [0.3, 0.4) is 0 Å². The van der Waals surface area contributed by atoms with Crippen molar-refractivity contribution in [1.82, 2.24) is 0 Å². The molecule has 1 aliphatic carbocycles. The van der Waals surface area contributed by atoms with Crippen LogP contribution in [0.2, 0.25) is 0 Å². The molecule has 18 heavy (non-hydrogen) atoms. The zero-order chi connectivity index (χ0) is 12.9. The number of hydrogen-bond donors (Lipinski definition) is 0. The van der Waals surface area contributed by atoms with Crippen molar-refractivity contribution in [2.75, 3.05) is 11.9 Å². The van der Waals surface area contributed by atoms with Crippen molar-refractivity contribution < 1.29 is 0 Å². The third kappa shape index (κ3) is 1.60. The number of para-hydroxylation sites is 1. The minimum Gasteiger partial charge on any atom is -0.371 e. The van der Waals surface area contributed by atoms with Crippen molar-refractivity contribution in [3.05, 3.63) is 29.8 Å². The number of hydrogen-bond acceptors (Lipinski definition) is 1. The Hall–Kier alpha value is -0.980. The summed E-state index contributed by atoms with van der Waals surface area (Å²) >= 11 is 0. The average Bonchev–Trinajstić information content (AvgIpc) is 2.36. The molecule has 1 fully saturated rings. The Morgan fingerprint density at radius 3 is 2.67 bits per heavy atom. The lowest BCUT2D eigenvalue weighted by molar-refractivity contribution is 0.156. The molecule has 1 saturated carbocycles. The van der Waals surface area contributed by atoms with E-state index in [9.17, 15) is 0 Å². The smallest absolute Gasteiger partial charge is 0.0404 e. The van der Waals surface area contributed by atoms with Crippen molar-refractivity contribution in [2.45, 2.75) is 51.5 Å². The first-order chi connectivity index (χ1) is 8.51. The highest BCUT2D eigenvalue weighted by atomic mass is 15.2. The van der Waals surface area contributed by atoms with Gasteiger partial charge in [0.2, 0.25) is 0 Å². The van der Waals surface area contributed by atoms with Gasteiger partial charge in [0.1, 0.15) is 0 Å². The molecule has 0 radical (unpaired) electrons. The maximum atomic E-state index is 2.56. The van der Waals surface area contributed by atoms with E-state index in [0.29, 0.717) is 5.41 Å². The van der Waals surface area contributed by atoms with Gasteiger partial charge >= 0.3 is 0 Å². The molecule has 0 aromatic heterocycles. The molecule has 3 rings (SSSR count). The Labute approximate surface area is 111 Å². The van der Waals surface area contributed by atoms with Crippen LogP contribution >= 0.6 is 0 Å². The van der Waals surface area contributed by atoms with E-state index in [0.717, 1.165) is 17.9 Å². The van der Waals surface area contributed by atoms with Crippen LogP contribution < -0.4 is 4.90 Å². The fourth-order valence-corrected chi connectivity index (χ4v) is 4.33. The molecule has 0 spiro atoms. The maximum absolute atomic E-state index is 2.56. The van der Waals surface area contributed by atoms with E-state index in [1.807, 2.05) is 0 Å². The molecule has 0 unspecified atom stereocenters. The monoisotopic (exact) mass is 243 g/mol. The molecule has 1 heterocycles. The zero-order valence-corrected chi connectivity index (χ0v) is 12.1. The normalized spacial score (nSPS) is 33.8. The molecule has 1 heteroatoms. The molecular weight excluding hydrogens is 218 g/mol. The molecule has 98 valence electrons. The summed E-state index contributed by atoms with van der Waals surface area (Å²) in [6.07, 6.45) is 4.15. The maximum Gasteiger partial charge on any atom is 0.0404 e. The second kappa shape index (κ2) is 4.01. The van der Waals surface area contributed by atoms with Gasteiger partial charge in [0.15, 0.2) is 0 Å². The number of fused-ring (bicyclic) bond motifs is 2. The molecule has 1 aromatic rings. The quantitative estimate of drug-likeness (QED) is 0.659. The Kier molecular flexibility index (Phi) is 2.69. The number of anilines is 1. The van der Waals surface area contributed by atoms with Gasteiger partial charge in [0, 0.05) is 18.8 Å². The predicted molar refractivity (Wildman–Crippen MR) is 78.2 cm³/mol. The summed E-state index contributed by atoms with van der Waals surface area (Å²) in [5.74, 6) is 1.70. The molecule has 2 aliphatic rings. The minimum absolute atomic E-state index is 0.327. The van der Waals surface area contributed by atoms with Crippen LogP contribution in [0, 0.1) is 11.8 Å². The highest BCUT2D eigenvalue weighted by molar-refractivity contribution is 5.60. The highest BCUT2D eigenvalue weighted by Gasteiger charge is 2.46. The third-order valence-corrected chi connectivity index (χ3v) is 5.48. The Morgan fingerprint density at radius 2 is 1.89 bits per heavy atom. The van der Waals surface area contributed by atoms with Crippen molar-refractivity contribution in [1.29, 1.82) is 0 Å². The lowest BCUT2D eigenvalue weighted by Gasteiger charge is -2.53. The highest BCUT2D eigenvalue weighted by Crippen LogP contribution is 2.51. The first-order valence-electron chi connectivity index (χ1n) is 7.34. The van der Waals surface area contributed by atoms with Crippen LogP contribution in [-0.2, 0) is 5.41 Å². The molecular formula is C17H25N. The van der Waals surface area contributed by atoms with E-state index in [2.05, 4.69) is 57.0 Å². The van der Waals surface area contributed by atoms with Gasteiger partial charge < -0.3 is 4.90 Å². The van der Waals surface area contributed by atoms with Crippen molar-refractivity contribution >= 4 is 5.69 Å². The SMILES string of the molecule is C[C@@H]1CC[C@@H]2[C@H](C1)N(C)c1ccccc1C2(C)C. The van der Waals surface area contributed by atoms with Crippen LogP contribution in [0.25, 0.3) is 0 Å². The van der Waals surface area contributed by atoms with Gasteiger partial charge in [-0.25, -0.2) is 0 Å². The van der Waals surface area contributed by atoms with E-state index >= 15 is 0 Å². The second-order valence-electron chi connectivity index (χ2n) is 6.94. The Balaban J connectivity index is 2.09. The number of nitrogens with zero attached hydrogens (tertiary/aromatic N) is 1. The number of rotatable bonds is 0. The first kappa shape index (κ1) is 12.1. The molecule has 0 amide bonds. The van der Waals surface area contributed by atoms with E-state index in [4.69, 9.17) is 0 Å². The fraction of sp³-hybridized carbons (Fsp3) is 0.647. The van der Waals surface area contributed by atoms with Crippen molar-refractivity contribution in [3.8, 4) is 0 Å². The molecule has 3 atom stereocenters. The van der Waals surface area contributed by atoms with E-state index in [-0.39, 0.29) is 0 Å².